The first kappa shape index (κ1) is 11.1. The standard InChI is InChI=1S/C8H12Cl2O/c1-8(2,11)5-3-4-7(10)6-9/h7,11H,4,6H2,1-2H3. The number of alkyl halides is 2. The minimum absolute atomic E-state index is 0.119. The zero-order valence-corrected chi connectivity index (χ0v) is 8.21. The Bertz CT molecular complexity index is 161. The first-order valence-electron chi connectivity index (χ1n) is 3.38. The summed E-state index contributed by atoms with van der Waals surface area (Å²) in [6, 6.07) is 0. The van der Waals surface area contributed by atoms with Crippen LogP contribution < -0.4 is 0 Å². The molecule has 11 heavy (non-hydrogen) atoms. The first-order chi connectivity index (χ1) is 4.95. The van der Waals surface area contributed by atoms with E-state index >= 15 is 0 Å². The van der Waals surface area contributed by atoms with E-state index in [4.69, 9.17) is 28.3 Å². The van der Waals surface area contributed by atoms with Gasteiger partial charge in [-0.05, 0) is 13.8 Å². The second-order valence-electron chi connectivity index (χ2n) is 2.82. The van der Waals surface area contributed by atoms with Gasteiger partial charge in [-0.2, -0.15) is 0 Å². The van der Waals surface area contributed by atoms with Crippen molar-refractivity contribution in [1.82, 2.24) is 0 Å². The van der Waals surface area contributed by atoms with E-state index in [0.29, 0.717) is 12.3 Å². The number of hydrogen-bond acceptors (Lipinski definition) is 1. The van der Waals surface area contributed by atoms with Crippen molar-refractivity contribution in [1.29, 1.82) is 0 Å². The molecule has 0 heterocycles. The minimum Gasteiger partial charge on any atom is -0.378 e. The molecule has 0 radical (unpaired) electrons. The van der Waals surface area contributed by atoms with Gasteiger partial charge >= 0.3 is 0 Å². The van der Waals surface area contributed by atoms with Gasteiger partial charge in [0, 0.05) is 12.3 Å². The van der Waals surface area contributed by atoms with Gasteiger partial charge in [-0.15, -0.1) is 23.2 Å². The molecule has 0 aliphatic rings. The van der Waals surface area contributed by atoms with Gasteiger partial charge in [-0.1, -0.05) is 11.8 Å². The summed E-state index contributed by atoms with van der Waals surface area (Å²) < 4.78 is 0. The summed E-state index contributed by atoms with van der Waals surface area (Å²) in [5, 5.41) is 9.03. The van der Waals surface area contributed by atoms with Crippen LogP contribution in [0.5, 0.6) is 0 Å². The maximum absolute atomic E-state index is 9.15. The van der Waals surface area contributed by atoms with Gasteiger partial charge in [0.1, 0.15) is 5.60 Å². The van der Waals surface area contributed by atoms with Crippen molar-refractivity contribution in [3.8, 4) is 11.8 Å². The van der Waals surface area contributed by atoms with Crippen molar-refractivity contribution in [3.63, 3.8) is 0 Å². The summed E-state index contributed by atoms with van der Waals surface area (Å²) in [7, 11) is 0. The fourth-order valence-electron chi connectivity index (χ4n) is 0.433. The highest BCUT2D eigenvalue weighted by molar-refractivity contribution is 6.28. The van der Waals surface area contributed by atoms with Crippen molar-refractivity contribution in [3.05, 3.63) is 0 Å². The van der Waals surface area contributed by atoms with E-state index in [1.807, 2.05) is 0 Å². The molecule has 0 bridgehead atoms. The molecule has 0 rings (SSSR count). The highest BCUT2D eigenvalue weighted by atomic mass is 35.5. The molecule has 64 valence electrons. The molecule has 3 heteroatoms. The monoisotopic (exact) mass is 194 g/mol. The van der Waals surface area contributed by atoms with Crippen LogP contribution in [-0.4, -0.2) is 22.0 Å². The Labute approximate surface area is 77.7 Å². The second-order valence-corrected chi connectivity index (χ2v) is 3.74. The lowest BCUT2D eigenvalue weighted by atomic mass is 10.1. The van der Waals surface area contributed by atoms with Crippen molar-refractivity contribution < 1.29 is 5.11 Å². The first-order valence-corrected chi connectivity index (χ1v) is 4.35. The average molecular weight is 195 g/mol. The van der Waals surface area contributed by atoms with Gasteiger partial charge in [0.25, 0.3) is 0 Å². The zero-order chi connectivity index (χ0) is 8.91. The molecular formula is C8H12Cl2O. The fourth-order valence-corrected chi connectivity index (χ4v) is 0.619. The van der Waals surface area contributed by atoms with Gasteiger partial charge in [-0.25, -0.2) is 0 Å². The molecular weight excluding hydrogens is 183 g/mol. The van der Waals surface area contributed by atoms with E-state index < -0.39 is 5.60 Å². The number of hydrogen-bond donors (Lipinski definition) is 1. The molecule has 1 unspecified atom stereocenters. The second kappa shape index (κ2) is 4.87. The summed E-state index contributed by atoms with van der Waals surface area (Å²) in [5.74, 6) is 5.80. The van der Waals surface area contributed by atoms with Crippen LogP contribution in [0, 0.1) is 11.8 Å². The lowest BCUT2D eigenvalue weighted by Gasteiger charge is -2.06. The van der Waals surface area contributed by atoms with E-state index in [1.165, 1.54) is 0 Å². The third-order valence-electron chi connectivity index (χ3n) is 0.885. The molecule has 0 aliphatic carbocycles. The molecule has 0 aromatic rings. The summed E-state index contributed by atoms with van der Waals surface area (Å²) in [6.07, 6.45) is 0.523. The van der Waals surface area contributed by atoms with E-state index in [-0.39, 0.29) is 5.38 Å². The molecule has 0 saturated carbocycles. The molecule has 0 amide bonds. The van der Waals surface area contributed by atoms with Crippen LogP contribution in [0.2, 0.25) is 0 Å². The predicted octanol–water partition coefficient (Wildman–Crippen LogP) is 2.00. The molecule has 0 aromatic carbocycles. The molecule has 0 fully saturated rings. The topological polar surface area (TPSA) is 20.2 Å². The summed E-state index contributed by atoms with van der Waals surface area (Å²) >= 11 is 11.1. The lowest BCUT2D eigenvalue weighted by molar-refractivity contribution is 0.143. The highest BCUT2D eigenvalue weighted by Crippen LogP contribution is 2.03. The Hall–Kier alpha value is 0.100. The third-order valence-corrected chi connectivity index (χ3v) is 1.72. The van der Waals surface area contributed by atoms with Gasteiger partial charge in [0.2, 0.25) is 0 Å². The third kappa shape index (κ3) is 8.00. The Kier molecular flexibility index (Phi) is 4.92. The van der Waals surface area contributed by atoms with Crippen LogP contribution in [-0.2, 0) is 0 Å². The molecule has 1 N–H and O–H groups in total. The maximum Gasteiger partial charge on any atom is 0.119 e. The van der Waals surface area contributed by atoms with Crippen LogP contribution in [0.25, 0.3) is 0 Å². The van der Waals surface area contributed by atoms with Crippen LogP contribution >= 0.6 is 23.2 Å². The van der Waals surface area contributed by atoms with Crippen molar-refractivity contribution in [2.75, 3.05) is 5.88 Å². The molecule has 0 aliphatic heterocycles. The number of rotatable bonds is 2. The normalized spacial score (nSPS) is 13.5. The van der Waals surface area contributed by atoms with Crippen LogP contribution in [0.4, 0.5) is 0 Å². The summed E-state index contributed by atoms with van der Waals surface area (Å²) in [5.41, 5.74) is -0.928. The van der Waals surface area contributed by atoms with Crippen molar-refractivity contribution in [2.45, 2.75) is 31.2 Å². The minimum atomic E-state index is -0.928. The van der Waals surface area contributed by atoms with Gasteiger partial charge in [-0.3, -0.25) is 0 Å². The Morgan fingerprint density at radius 3 is 2.45 bits per heavy atom. The quantitative estimate of drug-likeness (QED) is 0.527. The largest absolute Gasteiger partial charge is 0.378 e. The van der Waals surface area contributed by atoms with E-state index in [0.717, 1.165) is 0 Å². The average Bonchev–Trinajstić information content (AvgIpc) is 1.85. The Balaban J connectivity index is 3.73. The highest BCUT2D eigenvalue weighted by Gasteiger charge is 2.06. The van der Waals surface area contributed by atoms with Crippen LogP contribution in [0.15, 0.2) is 0 Å². The molecule has 1 atom stereocenters. The maximum atomic E-state index is 9.15. The fraction of sp³-hybridized carbons (Fsp3) is 0.750. The zero-order valence-electron chi connectivity index (χ0n) is 6.69. The lowest BCUT2D eigenvalue weighted by Crippen LogP contribution is -2.14. The van der Waals surface area contributed by atoms with Gasteiger partial charge < -0.3 is 5.11 Å². The molecule has 0 spiro atoms. The van der Waals surface area contributed by atoms with Crippen LogP contribution in [0.3, 0.4) is 0 Å². The number of aliphatic hydroxyl groups is 1. The van der Waals surface area contributed by atoms with Gasteiger partial charge in [0.15, 0.2) is 0 Å². The SMILES string of the molecule is CC(C)(O)C#CCC(Cl)CCl. The summed E-state index contributed by atoms with van der Waals surface area (Å²) in [6.45, 7) is 3.26. The van der Waals surface area contributed by atoms with E-state index in [9.17, 15) is 0 Å². The Morgan fingerprint density at radius 2 is 2.09 bits per heavy atom. The Morgan fingerprint density at radius 1 is 1.55 bits per heavy atom. The molecule has 0 saturated heterocycles. The molecule has 0 aromatic heterocycles. The van der Waals surface area contributed by atoms with E-state index in [1.54, 1.807) is 13.8 Å². The van der Waals surface area contributed by atoms with E-state index in [2.05, 4.69) is 11.8 Å². The van der Waals surface area contributed by atoms with Gasteiger partial charge in [0.05, 0.1) is 5.38 Å². The van der Waals surface area contributed by atoms with Crippen LogP contribution in [0.1, 0.15) is 20.3 Å². The smallest absolute Gasteiger partial charge is 0.119 e. The predicted molar refractivity (Wildman–Crippen MR) is 49.1 cm³/mol. The van der Waals surface area contributed by atoms with Crippen molar-refractivity contribution >= 4 is 23.2 Å². The van der Waals surface area contributed by atoms with Crippen molar-refractivity contribution in [2.24, 2.45) is 0 Å². The number of halogens is 2. The summed E-state index contributed by atoms with van der Waals surface area (Å²) in [4.78, 5) is 0. The molecule has 1 nitrogen and oxygen atoms in total.